The van der Waals surface area contributed by atoms with Crippen LogP contribution in [-0.2, 0) is 6.18 Å². The van der Waals surface area contributed by atoms with Crippen molar-refractivity contribution in [3.8, 4) is 0 Å². The molecule has 1 rings (SSSR count). The van der Waals surface area contributed by atoms with Gasteiger partial charge in [-0.3, -0.25) is 0 Å². The Morgan fingerprint density at radius 3 is 2.53 bits per heavy atom. The van der Waals surface area contributed by atoms with Crippen LogP contribution in [0.15, 0.2) is 18.2 Å². The third kappa shape index (κ3) is 3.84. The van der Waals surface area contributed by atoms with E-state index in [-0.39, 0.29) is 17.4 Å². The average Bonchev–Trinajstić information content (AvgIpc) is 2.19. The zero-order valence-corrected chi connectivity index (χ0v) is 9.93. The maximum absolute atomic E-state index is 12.8. The van der Waals surface area contributed by atoms with Gasteiger partial charge in [-0.2, -0.15) is 13.2 Å². The highest BCUT2D eigenvalue weighted by atomic mass is 19.4. The third-order valence-electron chi connectivity index (χ3n) is 2.47. The highest BCUT2D eigenvalue weighted by molar-refractivity contribution is 5.59. The SMILES string of the molecule is CCCC(C)Nc1ccc(N)cc1C(F)(F)F. The van der Waals surface area contributed by atoms with E-state index in [1.165, 1.54) is 12.1 Å². The van der Waals surface area contributed by atoms with Gasteiger partial charge in [-0.05, 0) is 31.5 Å². The summed E-state index contributed by atoms with van der Waals surface area (Å²) in [6.45, 7) is 3.85. The number of rotatable bonds is 4. The summed E-state index contributed by atoms with van der Waals surface area (Å²) in [6.07, 6.45) is -2.64. The third-order valence-corrected chi connectivity index (χ3v) is 2.47. The molecule has 0 radical (unpaired) electrons. The van der Waals surface area contributed by atoms with E-state index in [0.717, 1.165) is 18.9 Å². The summed E-state index contributed by atoms with van der Waals surface area (Å²) < 4.78 is 38.3. The summed E-state index contributed by atoms with van der Waals surface area (Å²) in [6, 6.07) is 3.81. The van der Waals surface area contributed by atoms with Gasteiger partial charge in [-0.15, -0.1) is 0 Å². The predicted octanol–water partition coefficient (Wildman–Crippen LogP) is 3.89. The lowest BCUT2D eigenvalue weighted by atomic mass is 10.1. The summed E-state index contributed by atoms with van der Waals surface area (Å²) in [5.41, 5.74) is 4.89. The standard InChI is InChI=1S/C12H17F3N2/c1-3-4-8(2)17-11-6-5-9(16)7-10(11)12(13,14)15/h5-8,17H,3-4,16H2,1-2H3. The molecule has 17 heavy (non-hydrogen) atoms. The first kappa shape index (κ1) is 13.7. The number of alkyl halides is 3. The second-order valence-corrected chi connectivity index (χ2v) is 4.14. The normalized spacial score (nSPS) is 13.5. The van der Waals surface area contributed by atoms with Crippen LogP contribution in [0.2, 0.25) is 0 Å². The molecule has 5 heteroatoms. The highest BCUT2D eigenvalue weighted by Crippen LogP contribution is 2.36. The van der Waals surface area contributed by atoms with Gasteiger partial charge in [0.25, 0.3) is 0 Å². The average molecular weight is 246 g/mol. The molecule has 0 spiro atoms. The number of hydrogen-bond acceptors (Lipinski definition) is 2. The summed E-state index contributed by atoms with van der Waals surface area (Å²) in [4.78, 5) is 0. The molecule has 1 aromatic rings. The molecule has 0 aromatic heterocycles. The molecule has 1 aromatic carbocycles. The fourth-order valence-electron chi connectivity index (χ4n) is 1.69. The predicted molar refractivity (Wildman–Crippen MR) is 63.8 cm³/mol. The molecule has 0 saturated heterocycles. The van der Waals surface area contributed by atoms with E-state index >= 15 is 0 Å². The van der Waals surface area contributed by atoms with Crippen LogP contribution in [0.25, 0.3) is 0 Å². The molecule has 1 atom stereocenters. The second-order valence-electron chi connectivity index (χ2n) is 4.14. The fourth-order valence-corrected chi connectivity index (χ4v) is 1.69. The van der Waals surface area contributed by atoms with Gasteiger partial charge in [-0.1, -0.05) is 13.3 Å². The van der Waals surface area contributed by atoms with Gasteiger partial charge in [0, 0.05) is 17.4 Å². The van der Waals surface area contributed by atoms with Crippen molar-refractivity contribution < 1.29 is 13.2 Å². The Labute approximate surface area is 99.0 Å². The topological polar surface area (TPSA) is 38.0 Å². The number of nitrogens with two attached hydrogens (primary N) is 1. The van der Waals surface area contributed by atoms with Crippen molar-refractivity contribution in [1.82, 2.24) is 0 Å². The summed E-state index contributed by atoms with van der Waals surface area (Å²) >= 11 is 0. The Morgan fingerprint density at radius 2 is 2.00 bits per heavy atom. The van der Waals surface area contributed by atoms with Gasteiger partial charge in [0.05, 0.1) is 5.56 Å². The maximum Gasteiger partial charge on any atom is 0.418 e. The summed E-state index contributed by atoms with van der Waals surface area (Å²) in [5, 5.41) is 2.87. The first-order valence-corrected chi connectivity index (χ1v) is 5.58. The Bertz CT molecular complexity index is 375. The zero-order chi connectivity index (χ0) is 13.1. The van der Waals surface area contributed by atoms with E-state index in [0.29, 0.717) is 0 Å². The van der Waals surface area contributed by atoms with E-state index in [1.54, 1.807) is 0 Å². The largest absolute Gasteiger partial charge is 0.418 e. The van der Waals surface area contributed by atoms with Crippen molar-refractivity contribution in [1.29, 1.82) is 0 Å². The van der Waals surface area contributed by atoms with Crippen LogP contribution in [-0.4, -0.2) is 6.04 Å². The van der Waals surface area contributed by atoms with Crippen LogP contribution in [0.1, 0.15) is 32.3 Å². The molecule has 0 fully saturated rings. The quantitative estimate of drug-likeness (QED) is 0.791. The second kappa shape index (κ2) is 5.29. The molecule has 3 N–H and O–H groups in total. The van der Waals surface area contributed by atoms with Crippen LogP contribution in [0.4, 0.5) is 24.5 Å². The van der Waals surface area contributed by atoms with Crippen LogP contribution in [0, 0.1) is 0 Å². The molecule has 0 aliphatic rings. The fraction of sp³-hybridized carbons (Fsp3) is 0.500. The maximum atomic E-state index is 12.8. The molecule has 0 heterocycles. The van der Waals surface area contributed by atoms with Crippen molar-refractivity contribution in [3.05, 3.63) is 23.8 Å². The van der Waals surface area contributed by atoms with E-state index in [4.69, 9.17) is 5.73 Å². The van der Waals surface area contributed by atoms with Crippen LogP contribution in [0.5, 0.6) is 0 Å². The van der Waals surface area contributed by atoms with Crippen LogP contribution in [0.3, 0.4) is 0 Å². The monoisotopic (exact) mass is 246 g/mol. The number of nitrogen functional groups attached to an aromatic ring is 1. The lowest BCUT2D eigenvalue weighted by Crippen LogP contribution is -2.18. The summed E-state index contributed by atoms with van der Waals surface area (Å²) in [5.74, 6) is 0. The molecular weight excluding hydrogens is 229 g/mol. The van der Waals surface area contributed by atoms with Crippen molar-refractivity contribution >= 4 is 11.4 Å². The Morgan fingerprint density at radius 1 is 1.35 bits per heavy atom. The zero-order valence-electron chi connectivity index (χ0n) is 9.93. The molecule has 0 aliphatic carbocycles. The highest BCUT2D eigenvalue weighted by Gasteiger charge is 2.33. The Balaban J connectivity index is 2.99. The van der Waals surface area contributed by atoms with Gasteiger partial charge in [0.1, 0.15) is 0 Å². The van der Waals surface area contributed by atoms with Crippen LogP contribution >= 0.6 is 0 Å². The van der Waals surface area contributed by atoms with Gasteiger partial charge in [-0.25, -0.2) is 0 Å². The first-order chi connectivity index (χ1) is 7.84. The molecule has 0 saturated carbocycles. The summed E-state index contributed by atoms with van der Waals surface area (Å²) in [7, 11) is 0. The van der Waals surface area contributed by atoms with Crippen molar-refractivity contribution in [3.63, 3.8) is 0 Å². The van der Waals surface area contributed by atoms with Crippen molar-refractivity contribution in [2.24, 2.45) is 0 Å². The van der Waals surface area contributed by atoms with E-state index in [2.05, 4.69) is 5.32 Å². The Kier molecular flexibility index (Phi) is 4.26. The van der Waals surface area contributed by atoms with Gasteiger partial charge in [0.15, 0.2) is 0 Å². The van der Waals surface area contributed by atoms with Crippen LogP contribution < -0.4 is 11.1 Å². The molecular formula is C12H17F3N2. The lowest BCUT2D eigenvalue weighted by Gasteiger charge is -2.19. The smallest absolute Gasteiger partial charge is 0.399 e. The number of nitrogens with one attached hydrogen (secondary N) is 1. The minimum absolute atomic E-state index is 0.00437. The minimum atomic E-state index is -4.39. The number of anilines is 2. The molecule has 0 amide bonds. The number of hydrogen-bond donors (Lipinski definition) is 2. The molecule has 0 bridgehead atoms. The molecule has 0 aliphatic heterocycles. The minimum Gasteiger partial charge on any atom is -0.399 e. The molecule has 2 nitrogen and oxygen atoms in total. The molecule has 1 unspecified atom stereocenters. The number of halogens is 3. The van der Waals surface area contributed by atoms with E-state index in [9.17, 15) is 13.2 Å². The molecule has 96 valence electrons. The van der Waals surface area contributed by atoms with Crippen molar-refractivity contribution in [2.75, 3.05) is 11.1 Å². The Hall–Kier alpha value is -1.39. The first-order valence-electron chi connectivity index (χ1n) is 5.58. The van der Waals surface area contributed by atoms with Gasteiger partial charge in [0.2, 0.25) is 0 Å². The van der Waals surface area contributed by atoms with Gasteiger partial charge >= 0.3 is 6.18 Å². The van der Waals surface area contributed by atoms with Crippen molar-refractivity contribution in [2.45, 2.75) is 38.9 Å². The van der Waals surface area contributed by atoms with E-state index < -0.39 is 11.7 Å². The lowest BCUT2D eigenvalue weighted by molar-refractivity contribution is -0.136. The van der Waals surface area contributed by atoms with E-state index in [1.807, 2.05) is 13.8 Å². The van der Waals surface area contributed by atoms with Gasteiger partial charge < -0.3 is 11.1 Å². The number of benzene rings is 1.